The first-order chi connectivity index (χ1) is 20.1. The lowest BCUT2D eigenvalue weighted by Crippen LogP contribution is -2.36. The Morgan fingerprint density at radius 3 is 1.98 bits per heavy atom. The van der Waals surface area contributed by atoms with Crippen LogP contribution in [-0.2, 0) is 5.41 Å². The van der Waals surface area contributed by atoms with Gasteiger partial charge in [0.1, 0.15) is 0 Å². The third kappa shape index (κ3) is 3.12. The summed E-state index contributed by atoms with van der Waals surface area (Å²) >= 11 is 12.2. The molecule has 7 aromatic rings. The summed E-state index contributed by atoms with van der Waals surface area (Å²) in [5.74, 6) is 0. The summed E-state index contributed by atoms with van der Waals surface area (Å²) in [6.45, 7) is 0. The smallest absolute Gasteiger partial charge is 0.0754 e. The molecule has 2 heterocycles. The Morgan fingerprint density at radius 2 is 1.22 bits per heavy atom. The molecule has 0 atom stereocenters. The van der Waals surface area contributed by atoms with Crippen molar-refractivity contribution in [1.82, 2.24) is 0 Å². The van der Waals surface area contributed by atoms with Crippen molar-refractivity contribution in [3.05, 3.63) is 159 Å². The van der Waals surface area contributed by atoms with Crippen LogP contribution in [0.1, 0.15) is 22.3 Å². The largest absolute Gasteiger partial charge is 0.310 e. The molecule has 1 aliphatic heterocycles. The molecule has 194 valence electrons. The van der Waals surface area contributed by atoms with E-state index in [1.165, 1.54) is 64.9 Å². The predicted molar refractivity (Wildman–Crippen MR) is 178 cm³/mol. The molecule has 41 heavy (non-hydrogen) atoms. The minimum absolute atomic E-state index is 0.478. The Kier molecular flexibility index (Phi) is 4.96. The molecule has 1 aliphatic carbocycles. The average Bonchev–Trinajstić information content (AvgIpc) is 3.51. The van der Waals surface area contributed by atoms with Crippen molar-refractivity contribution >= 4 is 76.1 Å². The summed E-state index contributed by atoms with van der Waals surface area (Å²) < 4.78 is 3.58. The average molecular weight is 627 g/mol. The number of anilines is 3. The number of hydrogen-bond donors (Lipinski definition) is 0. The van der Waals surface area contributed by atoms with Gasteiger partial charge in [-0.15, -0.1) is 11.3 Å². The second kappa shape index (κ2) is 8.56. The lowest BCUT2D eigenvalue weighted by Gasteiger charge is -2.45. The van der Waals surface area contributed by atoms with E-state index >= 15 is 0 Å². The quantitative estimate of drug-likeness (QED) is 0.175. The van der Waals surface area contributed by atoms with E-state index in [0.29, 0.717) is 0 Å². The highest BCUT2D eigenvalue weighted by atomic mass is 79.9. The highest BCUT2D eigenvalue weighted by molar-refractivity contribution is 9.10. The van der Waals surface area contributed by atoms with Crippen molar-refractivity contribution < 1.29 is 0 Å². The number of thiophene rings is 1. The summed E-state index contributed by atoms with van der Waals surface area (Å²) in [6.07, 6.45) is 0. The Morgan fingerprint density at radius 1 is 0.561 bits per heavy atom. The van der Waals surface area contributed by atoms with Gasteiger partial charge in [0.15, 0.2) is 0 Å². The minimum atomic E-state index is -0.478. The molecule has 1 nitrogen and oxygen atoms in total. The fourth-order valence-electron chi connectivity index (χ4n) is 7.22. The zero-order chi connectivity index (χ0) is 27.3. The maximum atomic E-state index is 6.55. The van der Waals surface area contributed by atoms with E-state index in [0.717, 1.165) is 15.2 Å². The first-order valence-electron chi connectivity index (χ1n) is 13.7. The molecule has 9 rings (SSSR count). The molecule has 6 aromatic carbocycles. The summed E-state index contributed by atoms with van der Waals surface area (Å²) in [6, 6.07) is 46.6. The monoisotopic (exact) mass is 625 g/mol. The van der Waals surface area contributed by atoms with Gasteiger partial charge in [0.25, 0.3) is 0 Å². The molecule has 0 saturated carbocycles. The third-order valence-corrected chi connectivity index (χ3v) is 10.6. The van der Waals surface area contributed by atoms with Gasteiger partial charge in [-0.1, -0.05) is 94.3 Å². The van der Waals surface area contributed by atoms with Gasteiger partial charge < -0.3 is 4.90 Å². The lowest BCUT2D eigenvalue weighted by atomic mass is 9.64. The topological polar surface area (TPSA) is 3.24 Å². The van der Waals surface area contributed by atoms with Crippen LogP contribution in [-0.4, -0.2) is 0 Å². The number of rotatable bonds is 1. The van der Waals surface area contributed by atoms with Crippen LogP contribution in [0.2, 0.25) is 5.02 Å². The van der Waals surface area contributed by atoms with Crippen LogP contribution < -0.4 is 4.90 Å². The van der Waals surface area contributed by atoms with E-state index in [-0.39, 0.29) is 0 Å². The normalized spacial score (nSPS) is 14.2. The number of benzene rings is 6. The van der Waals surface area contributed by atoms with E-state index in [4.69, 9.17) is 11.6 Å². The van der Waals surface area contributed by atoms with Gasteiger partial charge in [0, 0.05) is 35.4 Å². The maximum Gasteiger partial charge on any atom is 0.0754 e. The molecule has 1 spiro atoms. The highest BCUT2D eigenvalue weighted by Gasteiger charge is 2.52. The molecule has 1 aromatic heterocycles. The van der Waals surface area contributed by atoms with Crippen LogP contribution in [0.4, 0.5) is 17.1 Å². The van der Waals surface area contributed by atoms with Crippen LogP contribution in [0.25, 0.3) is 31.3 Å². The number of halogens is 2. The van der Waals surface area contributed by atoms with Crippen LogP contribution in [0.3, 0.4) is 0 Å². The van der Waals surface area contributed by atoms with E-state index in [9.17, 15) is 0 Å². The van der Waals surface area contributed by atoms with Crippen LogP contribution in [0.15, 0.2) is 132 Å². The Labute approximate surface area is 255 Å². The Bertz CT molecular complexity index is 2150. The van der Waals surface area contributed by atoms with Gasteiger partial charge in [-0.3, -0.25) is 0 Å². The molecular weight excluding hydrogens is 606 g/mol. The zero-order valence-corrected chi connectivity index (χ0v) is 24.9. The number of hydrogen-bond acceptors (Lipinski definition) is 2. The van der Waals surface area contributed by atoms with Gasteiger partial charge >= 0.3 is 0 Å². The highest BCUT2D eigenvalue weighted by Crippen LogP contribution is 2.64. The van der Waals surface area contributed by atoms with Gasteiger partial charge in [-0.05, 0) is 94.0 Å². The second-order valence-electron chi connectivity index (χ2n) is 10.8. The molecule has 2 aliphatic rings. The maximum absolute atomic E-state index is 6.55. The van der Waals surface area contributed by atoms with Gasteiger partial charge in [0.2, 0.25) is 0 Å². The molecule has 0 unspecified atom stereocenters. The summed E-state index contributed by atoms with van der Waals surface area (Å²) in [5, 5.41) is 3.22. The summed E-state index contributed by atoms with van der Waals surface area (Å²) in [4.78, 5) is 2.45. The molecule has 0 saturated heterocycles. The molecule has 0 fully saturated rings. The second-order valence-corrected chi connectivity index (χ2v) is 13.2. The van der Waals surface area contributed by atoms with E-state index in [2.05, 4.69) is 142 Å². The SMILES string of the molecule is Clc1ccc2sc3cc4c(cc3c2c1)C1(c2ccccc2-c2ccccc21)c1cc(Br)ccc1N4c1ccccc1. The zero-order valence-electron chi connectivity index (χ0n) is 21.7. The molecular formula is C37H21BrClNS. The van der Waals surface area contributed by atoms with Crippen molar-refractivity contribution in [3.63, 3.8) is 0 Å². The van der Waals surface area contributed by atoms with E-state index in [1.807, 2.05) is 17.4 Å². The number of fused-ring (bicyclic) bond motifs is 12. The molecule has 0 amide bonds. The van der Waals surface area contributed by atoms with Crippen LogP contribution in [0, 0.1) is 0 Å². The fraction of sp³-hybridized carbons (Fsp3) is 0.0270. The predicted octanol–water partition coefficient (Wildman–Crippen LogP) is 11.6. The van der Waals surface area contributed by atoms with Gasteiger partial charge in [0.05, 0.1) is 16.8 Å². The van der Waals surface area contributed by atoms with Crippen molar-refractivity contribution in [3.8, 4) is 11.1 Å². The van der Waals surface area contributed by atoms with Gasteiger partial charge in [-0.25, -0.2) is 0 Å². The first-order valence-corrected chi connectivity index (χ1v) is 15.6. The standard InChI is InChI=1S/C37H21BrClNS/c38-22-14-16-33-31(18-22)37(29-12-6-4-10-25(29)26-11-5-7-13-30(26)37)32-20-28-27-19-23(39)15-17-35(27)41-36(28)21-34(32)40(33)24-8-2-1-3-9-24/h1-21H. The Hall–Kier alpha value is -3.89. The number of para-hydroxylation sites is 1. The third-order valence-electron chi connectivity index (χ3n) is 8.76. The molecule has 0 radical (unpaired) electrons. The van der Waals surface area contributed by atoms with Crippen molar-refractivity contribution in [2.24, 2.45) is 0 Å². The molecule has 0 N–H and O–H groups in total. The Balaban J connectivity index is 1.52. The first kappa shape index (κ1) is 23.8. The van der Waals surface area contributed by atoms with Crippen molar-refractivity contribution in [2.45, 2.75) is 5.41 Å². The van der Waals surface area contributed by atoms with Crippen molar-refractivity contribution in [2.75, 3.05) is 4.90 Å². The van der Waals surface area contributed by atoms with Gasteiger partial charge in [-0.2, -0.15) is 0 Å². The minimum Gasteiger partial charge on any atom is -0.310 e. The number of nitrogens with zero attached hydrogens (tertiary/aromatic N) is 1. The summed E-state index contributed by atoms with van der Waals surface area (Å²) in [7, 11) is 0. The van der Waals surface area contributed by atoms with Crippen LogP contribution in [0.5, 0.6) is 0 Å². The van der Waals surface area contributed by atoms with E-state index in [1.54, 1.807) is 0 Å². The van der Waals surface area contributed by atoms with E-state index < -0.39 is 5.41 Å². The molecule has 0 bridgehead atoms. The molecule has 4 heteroatoms. The summed E-state index contributed by atoms with van der Waals surface area (Å²) in [5.41, 5.74) is 10.9. The van der Waals surface area contributed by atoms with Crippen molar-refractivity contribution in [1.29, 1.82) is 0 Å². The fourth-order valence-corrected chi connectivity index (χ4v) is 8.85. The van der Waals surface area contributed by atoms with Crippen LogP contribution >= 0.6 is 38.9 Å². The lowest BCUT2D eigenvalue weighted by molar-refractivity contribution is 0.753.